The number of benzene rings is 1. The molecule has 29 heavy (non-hydrogen) atoms. The minimum atomic E-state index is 0.101. The molecule has 5 heteroatoms. The van der Waals surface area contributed by atoms with E-state index in [1.54, 1.807) is 0 Å². The zero-order valence-corrected chi connectivity index (χ0v) is 18.3. The maximum atomic E-state index is 12.6. The Morgan fingerprint density at radius 2 is 1.76 bits per heavy atom. The molecule has 0 bridgehead atoms. The Morgan fingerprint density at radius 3 is 2.45 bits per heavy atom. The third kappa shape index (κ3) is 6.17. The van der Waals surface area contributed by atoms with E-state index in [1.165, 1.54) is 50.5 Å². The smallest absolute Gasteiger partial charge is 0.234 e. The molecule has 1 amide bonds. The van der Waals surface area contributed by atoms with Crippen molar-refractivity contribution in [2.75, 3.05) is 13.6 Å². The fraction of sp³-hybridized carbons (Fsp3) is 0.583. The number of hydrogen-bond donors (Lipinski definition) is 1. The highest BCUT2D eigenvalue weighted by Crippen LogP contribution is 2.20. The summed E-state index contributed by atoms with van der Waals surface area (Å²) in [7, 11) is 2.10. The van der Waals surface area contributed by atoms with Crippen LogP contribution in [0, 0.1) is 13.8 Å². The van der Waals surface area contributed by atoms with Crippen molar-refractivity contribution in [2.45, 2.75) is 77.9 Å². The van der Waals surface area contributed by atoms with E-state index in [9.17, 15) is 4.79 Å². The van der Waals surface area contributed by atoms with E-state index >= 15 is 0 Å². The molecule has 1 fully saturated rings. The van der Waals surface area contributed by atoms with E-state index in [-0.39, 0.29) is 5.91 Å². The van der Waals surface area contributed by atoms with Crippen molar-refractivity contribution in [1.29, 1.82) is 0 Å². The van der Waals surface area contributed by atoms with Crippen molar-refractivity contribution in [3.05, 3.63) is 52.8 Å². The van der Waals surface area contributed by atoms with Crippen LogP contribution in [0.2, 0.25) is 0 Å². The molecule has 158 valence electrons. The molecule has 1 aliphatic rings. The minimum Gasteiger partial charge on any atom is -0.351 e. The lowest BCUT2D eigenvalue weighted by molar-refractivity contribution is -0.122. The molecule has 1 aliphatic carbocycles. The van der Waals surface area contributed by atoms with Gasteiger partial charge in [0.15, 0.2) is 0 Å². The molecule has 1 saturated carbocycles. The number of hydrogen-bond acceptors (Lipinski definition) is 3. The monoisotopic (exact) mass is 396 g/mol. The summed E-state index contributed by atoms with van der Waals surface area (Å²) in [6.45, 7) is 5.89. The molecular weight excluding hydrogens is 360 g/mol. The van der Waals surface area contributed by atoms with E-state index < -0.39 is 0 Å². The summed E-state index contributed by atoms with van der Waals surface area (Å²) in [4.78, 5) is 14.8. The summed E-state index contributed by atoms with van der Waals surface area (Å²) in [5.74, 6) is 0.101. The lowest BCUT2D eigenvalue weighted by Gasteiger charge is -2.29. The lowest BCUT2D eigenvalue weighted by atomic mass is 9.96. The first-order valence-corrected chi connectivity index (χ1v) is 11.1. The van der Waals surface area contributed by atoms with Gasteiger partial charge in [-0.05, 0) is 39.3 Å². The van der Waals surface area contributed by atoms with Gasteiger partial charge in [-0.15, -0.1) is 0 Å². The Bertz CT molecular complexity index is 776. The number of nitrogens with zero attached hydrogens (tertiary/aromatic N) is 3. The summed E-state index contributed by atoms with van der Waals surface area (Å²) in [5, 5.41) is 7.81. The van der Waals surface area contributed by atoms with Gasteiger partial charge in [-0.2, -0.15) is 5.10 Å². The van der Waals surface area contributed by atoms with Gasteiger partial charge >= 0.3 is 0 Å². The van der Waals surface area contributed by atoms with Gasteiger partial charge in [-0.3, -0.25) is 14.4 Å². The molecule has 0 saturated heterocycles. The predicted octanol–water partition coefficient (Wildman–Crippen LogP) is 4.21. The second kappa shape index (κ2) is 10.6. The molecule has 0 atom stereocenters. The summed E-state index contributed by atoms with van der Waals surface area (Å²) in [6, 6.07) is 10.9. The van der Waals surface area contributed by atoms with Gasteiger partial charge in [0.1, 0.15) is 0 Å². The van der Waals surface area contributed by atoms with Crippen LogP contribution in [0.5, 0.6) is 0 Å². The Hall–Kier alpha value is -2.14. The van der Waals surface area contributed by atoms with E-state index in [2.05, 4.69) is 48.5 Å². The number of carbonyl (C=O) groups is 1. The van der Waals surface area contributed by atoms with Crippen LogP contribution in [-0.4, -0.2) is 40.2 Å². The first-order valence-electron chi connectivity index (χ1n) is 11.1. The normalized spacial score (nSPS) is 15.9. The van der Waals surface area contributed by atoms with Crippen molar-refractivity contribution in [3.8, 4) is 0 Å². The van der Waals surface area contributed by atoms with Crippen molar-refractivity contribution < 1.29 is 4.79 Å². The largest absolute Gasteiger partial charge is 0.351 e. The zero-order valence-electron chi connectivity index (χ0n) is 18.3. The van der Waals surface area contributed by atoms with Crippen LogP contribution in [0.15, 0.2) is 30.3 Å². The molecule has 1 heterocycles. The van der Waals surface area contributed by atoms with Crippen LogP contribution in [0.25, 0.3) is 0 Å². The van der Waals surface area contributed by atoms with Crippen LogP contribution >= 0.6 is 0 Å². The van der Waals surface area contributed by atoms with Crippen LogP contribution < -0.4 is 5.32 Å². The Morgan fingerprint density at radius 1 is 1.10 bits per heavy atom. The highest BCUT2D eigenvalue weighted by Gasteiger charge is 2.19. The summed E-state index contributed by atoms with van der Waals surface area (Å²) in [5.41, 5.74) is 4.48. The number of likely N-dealkylation sites (N-methyl/N-ethyl adjacent to an activating group) is 1. The molecule has 5 nitrogen and oxygen atoms in total. The standard InChI is InChI=1S/C24H36N4O/c1-19-23(20(2)28(26-19)17-21-12-8-7-9-13-21)16-25-24(29)18-27(3)22-14-10-5-4-6-11-15-22/h7-9,12-13,22H,4-6,10-11,14-18H2,1-3H3,(H,25,29). The molecule has 1 N–H and O–H groups in total. The average molecular weight is 397 g/mol. The van der Waals surface area contributed by atoms with Crippen molar-refractivity contribution in [1.82, 2.24) is 20.0 Å². The third-order valence-electron chi connectivity index (χ3n) is 6.26. The molecule has 0 radical (unpaired) electrons. The first-order chi connectivity index (χ1) is 14.0. The fourth-order valence-electron chi connectivity index (χ4n) is 4.37. The zero-order chi connectivity index (χ0) is 20.6. The number of rotatable bonds is 7. The number of carbonyl (C=O) groups excluding carboxylic acids is 1. The number of nitrogens with one attached hydrogen (secondary N) is 1. The van der Waals surface area contributed by atoms with Crippen LogP contribution in [0.3, 0.4) is 0 Å². The van der Waals surface area contributed by atoms with Gasteiger partial charge in [0.2, 0.25) is 5.91 Å². The van der Waals surface area contributed by atoms with E-state index in [1.807, 2.05) is 17.7 Å². The second-order valence-electron chi connectivity index (χ2n) is 8.48. The summed E-state index contributed by atoms with van der Waals surface area (Å²) < 4.78 is 2.03. The Labute approximate surface area is 175 Å². The fourth-order valence-corrected chi connectivity index (χ4v) is 4.37. The highest BCUT2D eigenvalue weighted by molar-refractivity contribution is 5.78. The Balaban J connectivity index is 1.53. The van der Waals surface area contributed by atoms with Gasteiger partial charge in [0.25, 0.3) is 0 Å². The van der Waals surface area contributed by atoms with Crippen LogP contribution in [-0.2, 0) is 17.9 Å². The summed E-state index contributed by atoms with van der Waals surface area (Å²) >= 11 is 0. The number of aryl methyl sites for hydroxylation is 1. The van der Waals surface area contributed by atoms with Crippen molar-refractivity contribution in [2.24, 2.45) is 0 Å². The van der Waals surface area contributed by atoms with E-state index in [0.717, 1.165) is 23.5 Å². The highest BCUT2D eigenvalue weighted by atomic mass is 16.2. The lowest BCUT2D eigenvalue weighted by Crippen LogP contribution is -2.40. The van der Waals surface area contributed by atoms with Gasteiger partial charge in [-0.1, -0.05) is 62.4 Å². The predicted molar refractivity (Wildman–Crippen MR) is 118 cm³/mol. The molecule has 1 aromatic heterocycles. The van der Waals surface area contributed by atoms with Crippen LogP contribution in [0.4, 0.5) is 0 Å². The SMILES string of the molecule is Cc1nn(Cc2ccccc2)c(C)c1CNC(=O)CN(C)C1CCCCCCC1. The van der Waals surface area contributed by atoms with E-state index in [4.69, 9.17) is 5.10 Å². The molecular formula is C24H36N4O. The van der Waals surface area contributed by atoms with Crippen molar-refractivity contribution in [3.63, 3.8) is 0 Å². The van der Waals surface area contributed by atoms with Gasteiger partial charge < -0.3 is 5.32 Å². The second-order valence-corrected chi connectivity index (χ2v) is 8.48. The molecule has 1 aromatic carbocycles. The molecule has 0 spiro atoms. The Kier molecular flexibility index (Phi) is 7.87. The van der Waals surface area contributed by atoms with Crippen LogP contribution in [0.1, 0.15) is 67.5 Å². The summed E-state index contributed by atoms with van der Waals surface area (Å²) in [6.07, 6.45) is 9.05. The first kappa shape index (κ1) is 21.6. The quantitative estimate of drug-likeness (QED) is 0.763. The maximum Gasteiger partial charge on any atom is 0.234 e. The van der Waals surface area contributed by atoms with Gasteiger partial charge in [0, 0.05) is 23.8 Å². The molecule has 2 aromatic rings. The number of amides is 1. The topological polar surface area (TPSA) is 50.2 Å². The molecule has 0 aliphatic heterocycles. The third-order valence-corrected chi connectivity index (χ3v) is 6.26. The molecule has 3 rings (SSSR count). The average Bonchev–Trinajstić information content (AvgIpc) is 2.93. The maximum absolute atomic E-state index is 12.6. The molecule has 0 unspecified atom stereocenters. The van der Waals surface area contributed by atoms with Gasteiger partial charge in [0.05, 0.1) is 18.8 Å². The van der Waals surface area contributed by atoms with Crippen molar-refractivity contribution >= 4 is 5.91 Å². The minimum absolute atomic E-state index is 0.101. The number of aromatic nitrogens is 2. The van der Waals surface area contributed by atoms with Gasteiger partial charge in [-0.25, -0.2) is 0 Å². The van der Waals surface area contributed by atoms with E-state index in [0.29, 0.717) is 19.1 Å².